The number of carbonyl (C=O) groups excluding carboxylic acids is 1. The number of carbonyl (C=O) groups is 1. The van der Waals surface area contributed by atoms with E-state index in [1.807, 2.05) is 6.92 Å². The van der Waals surface area contributed by atoms with Gasteiger partial charge in [0.05, 0.1) is 5.60 Å². The number of rotatable bonds is 4. The summed E-state index contributed by atoms with van der Waals surface area (Å²) in [6.45, 7) is 3.12. The highest BCUT2D eigenvalue weighted by molar-refractivity contribution is 5.91. The van der Waals surface area contributed by atoms with E-state index in [9.17, 15) is 13.6 Å². The maximum Gasteiger partial charge on any atom is 0.250 e. The van der Waals surface area contributed by atoms with Crippen LogP contribution < -0.4 is 10.6 Å². The molecular weight excluding hydrogens is 242 g/mol. The third-order valence-corrected chi connectivity index (χ3v) is 2.70. The van der Waals surface area contributed by atoms with Crippen LogP contribution in [0, 0.1) is 11.6 Å². The molecule has 1 aliphatic heterocycles. The highest BCUT2D eigenvalue weighted by Gasteiger charge is 2.32. The van der Waals surface area contributed by atoms with Crippen molar-refractivity contribution in [1.29, 1.82) is 0 Å². The molecule has 0 aromatic heterocycles. The second kappa shape index (κ2) is 4.99. The van der Waals surface area contributed by atoms with Crippen LogP contribution in [-0.4, -0.2) is 31.2 Å². The second-order valence-corrected chi connectivity index (χ2v) is 4.55. The number of anilines is 1. The normalized spacial score (nSPS) is 17.1. The first kappa shape index (κ1) is 12.9. The molecule has 2 rings (SSSR count). The molecule has 1 fully saturated rings. The third-order valence-electron chi connectivity index (χ3n) is 2.70. The number of halogens is 2. The Labute approximate surface area is 103 Å². The van der Waals surface area contributed by atoms with Gasteiger partial charge in [-0.1, -0.05) is 0 Å². The van der Waals surface area contributed by atoms with E-state index in [1.165, 1.54) is 0 Å². The zero-order chi connectivity index (χ0) is 13.2. The maximum absolute atomic E-state index is 12.9. The van der Waals surface area contributed by atoms with Crippen molar-refractivity contribution < 1.29 is 18.3 Å². The summed E-state index contributed by atoms with van der Waals surface area (Å²) >= 11 is 0. The summed E-state index contributed by atoms with van der Waals surface area (Å²) < 4.78 is 31.2. The van der Waals surface area contributed by atoms with Gasteiger partial charge in [-0.3, -0.25) is 4.79 Å². The molecule has 1 aromatic carbocycles. The van der Waals surface area contributed by atoms with Gasteiger partial charge >= 0.3 is 0 Å². The average Bonchev–Trinajstić information content (AvgIpc) is 2.22. The highest BCUT2D eigenvalue weighted by Crippen LogP contribution is 2.16. The van der Waals surface area contributed by atoms with Crippen LogP contribution in [0.1, 0.15) is 6.92 Å². The van der Waals surface area contributed by atoms with Gasteiger partial charge in [0.25, 0.3) is 0 Å². The molecule has 4 nitrogen and oxygen atoms in total. The van der Waals surface area contributed by atoms with Crippen LogP contribution in [0.25, 0.3) is 0 Å². The molecule has 0 bridgehead atoms. The van der Waals surface area contributed by atoms with Crippen molar-refractivity contribution in [2.24, 2.45) is 0 Å². The van der Waals surface area contributed by atoms with Crippen LogP contribution in [-0.2, 0) is 9.53 Å². The molecule has 0 saturated carbocycles. The van der Waals surface area contributed by atoms with E-state index in [-0.39, 0.29) is 17.9 Å². The fourth-order valence-electron chi connectivity index (χ4n) is 1.64. The minimum absolute atomic E-state index is 0.0815. The van der Waals surface area contributed by atoms with Gasteiger partial charge in [-0.15, -0.1) is 0 Å². The summed E-state index contributed by atoms with van der Waals surface area (Å²) in [7, 11) is 0. The third kappa shape index (κ3) is 3.24. The lowest BCUT2D eigenvalue weighted by molar-refractivity contribution is -0.130. The zero-order valence-corrected chi connectivity index (χ0v) is 9.93. The first-order chi connectivity index (χ1) is 8.47. The van der Waals surface area contributed by atoms with Crippen molar-refractivity contribution in [1.82, 2.24) is 5.32 Å². The monoisotopic (exact) mass is 256 g/mol. The standard InChI is InChI=1S/C12H14F2N2O2/c1-12(6-15-7-12)18-5-11(17)16-10-3-8(13)2-9(14)4-10/h2-4,15H,5-7H2,1H3,(H,16,17). The Kier molecular flexibility index (Phi) is 3.58. The fourth-order valence-corrected chi connectivity index (χ4v) is 1.64. The van der Waals surface area contributed by atoms with Crippen molar-refractivity contribution in [2.75, 3.05) is 25.0 Å². The molecule has 0 radical (unpaired) electrons. The van der Waals surface area contributed by atoms with Crippen molar-refractivity contribution in [3.63, 3.8) is 0 Å². The van der Waals surface area contributed by atoms with Crippen LogP contribution in [0.4, 0.5) is 14.5 Å². The Balaban J connectivity index is 1.86. The van der Waals surface area contributed by atoms with Gasteiger partial charge < -0.3 is 15.4 Å². The number of ether oxygens (including phenoxy) is 1. The molecule has 6 heteroatoms. The lowest BCUT2D eigenvalue weighted by atomic mass is 10.0. The molecule has 0 aliphatic carbocycles. The first-order valence-corrected chi connectivity index (χ1v) is 5.57. The number of hydrogen-bond acceptors (Lipinski definition) is 3. The molecular formula is C12H14F2N2O2. The van der Waals surface area contributed by atoms with E-state index in [0.29, 0.717) is 13.1 Å². The number of amides is 1. The molecule has 2 N–H and O–H groups in total. The van der Waals surface area contributed by atoms with Gasteiger partial charge in [0.2, 0.25) is 5.91 Å². The van der Waals surface area contributed by atoms with Crippen LogP contribution in [0.15, 0.2) is 18.2 Å². The quantitative estimate of drug-likeness (QED) is 0.853. The van der Waals surface area contributed by atoms with E-state index in [1.54, 1.807) is 0 Å². The zero-order valence-electron chi connectivity index (χ0n) is 9.93. The summed E-state index contributed by atoms with van der Waals surface area (Å²) in [5.74, 6) is -1.91. The Morgan fingerprint density at radius 2 is 2.00 bits per heavy atom. The summed E-state index contributed by atoms with van der Waals surface area (Å²) in [4.78, 5) is 11.5. The summed E-state index contributed by atoms with van der Waals surface area (Å²) in [6.07, 6.45) is 0. The summed E-state index contributed by atoms with van der Waals surface area (Å²) in [6, 6.07) is 2.84. The Bertz CT molecular complexity index is 441. The SMILES string of the molecule is CC1(OCC(=O)Nc2cc(F)cc(F)c2)CNC1. The van der Waals surface area contributed by atoms with Crippen LogP contribution in [0.2, 0.25) is 0 Å². The lowest BCUT2D eigenvalue weighted by Crippen LogP contribution is -2.59. The molecule has 98 valence electrons. The smallest absolute Gasteiger partial charge is 0.250 e. The van der Waals surface area contributed by atoms with Gasteiger partial charge in [0.1, 0.15) is 18.2 Å². The molecule has 18 heavy (non-hydrogen) atoms. The van der Waals surface area contributed by atoms with Crippen molar-refractivity contribution in [3.8, 4) is 0 Å². The second-order valence-electron chi connectivity index (χ2n) is 4.55. The summed E-state index contributed by atoms with van der Waals surface area (Å²) in [5.41, 5.74) is -0.247. The number of benzene rings is 1. The molecule has 1 saturated heterocycles. The predicted octanol–water partition coefficient (Wildman–Crippen LogP) is 1.28. The minimum Gasteiger partial charge on any atom is -0.363 e. The van der Waals surface area contributed by atoms with Crippen molar-refractivity contribution >= 4 is 11.6 Å². The van der Waals surface area contributed by atoms with E-state index >= 15 is 0 Å². The number of nitrogens with one attached hydrogen (secondary N) is 2. The molecule has 1 aliphatic rings. The Morgan fingerprint density at radius 3 is 2.50 bits per heavy atom. The van der Waals surface area contributed by atoms with E-state index in [4.69, 9.17) is 4.74 Å². The summed E-state index contributed by atoms with van der Waals surface area (Å²) in [5, 5.41) is 5.41. The molecule has 0 spiro atoms. The van der Waals surface area contributed by atoms with E-state index in [2.05, 4.69) is 10.6 Å². The van der Waals surface area contributed by atoms with Crippen molar-refractivity contribution in [3.05, 3.63) is 29.8 Å². The Hall–Kier alpha value is -1.53. The van der Waals surface area contributed by atoms with Crippen LogP contribution >= 0.6 is 0 Å². The fraction of sp³-hybridized carbons (Fsp3) is 0.417. The van der Waals surface area contributed by atoms with Gasteiger partial charge in [-0.25, -0.2) is 8.78 Å². The molecule has 0 atom stereocenters. The van der Waals surface area contributed by atoms with E-state index in [0.717, 1.165) is 18.2 Å². The maximum atomic E-state index is 12.9. The van der Waals surface area contributed by atoms with Crippen LogP contribution in [0.5, 0.6) is 0 Å². The van der Waals surface area contributed by atoms with Crippen molar-refractivity contribution in [2.45, 2.75) is 12.5 Å². The minimum atomic E-state index is -0.735. The highest BCUT2D eigenvalue weighted by atomic mass is 19.1. The molecule has 1 heterocycles. The predicted molar refractivity (Wildman–Crippen MR) is 62.2 cm³/mol. The van der Waals surface area contributed by atoms with Gasteiger partial charge in [0.15, 0.2) is 0 Å². The molecule has 1 amide bonds. The van der Waals surface area contributed by atoms with E-state index < -0.39 is 17.5 Å². The average molecular weight is 256 g/mol. The Morgan fingerprint density at radius 1 is 1.39 bits per heavy atom. The van der Waals surface area contributed by atoms with Gasteiger partial charge in [-0.2, -0.15) is 0 Å². The topological polar surface area (TPSA) is 50.4 Å². The molecule has 0 unspecified atom stereocenters. The van der Waals surface area contributed by atoms with Gasteiger partial charge in [0, 0.05) is 24.8 Å². The largest absolute Gasteiger partial charge is 0.363 e. The molecule has 1 aromatic rings. The number of hydrogen-bond donors (Lipinski definition) is 2. The van der Waals surface area contributed by atoms with Crippen LogP contribution in [0.3, 0.4) is 0 Å². The van der Waals surface area contributed by atoms with Gasteiger partial charge in [-0.05, 0) is 19.1 Å². The first-order valence-electron chi connectivity index (χ1n) is 5.57. The lowest BCUT2D eigenvalue weighted by Gasteiger charge is -2.38.